The van der Waals surface area contributed by atoms with E-state index in [0.717, 1.165) is 48.3 Å². The number of nitrogens with zero attached hydrogens (tertiary/aromatic N) is 5. The highest BCUT2D eigenvalue weighted by Crippen LogP contribution is 2.23. The van der Waals surface area contributed by atoms with Crippen LogP contribution in [0.5, 0.6) is 0 Å². The van der Waals surface area contributed by atoms with Gasteiger partial charge in [0, 0.05) is 55.5 Å². The molecule has 0 atom stereocenters. The van der Waals surface area contributed by atoms with Crippen LogP contribution >= 0.6 is 0 Å². The third kappa shape index (κ3) is 2.59. The molecule has 0 saturated carbocycles. The molecule has 0 bridgehead atoms. The number of aromatic amines is 1. The number of ether oxygens (including phenoxy) is 1. The Morgan fingerprint density at radius 2 is 2.04 bits per heavy atom. The van der Waals surface area contributed by atoms with E-state index in [-0.39, 0.29) is 5.69 Å². The summed E-state index contributed by atoms with van der Waals surface area (Å²) in [6.45, 7) is 2.21. The quantitative estimate of drug-likeness (QED) is 0.609. The van der Waals surface area contributed by atoms with Crippen molar-refractivity contribution in [3.8, 4) is 11.1 Å². The van der Waals surface area contributed by atoms with Crippen molar-refractivity contribution < 1.29 is 4.74 Å². The molecule has 26 heavy (non-hydrogen) atoms. The van der Waals surface area contributed by atoms with Crippen LogP contribution in [0, 0.1) is 5.92 Å². The number of pyridine rings is 1. The molecule has 4 aromatic rings. The molecule has 5 rings (SSSR count). The van der Waals surface area contributed by atoms with Crippen molar-refractivity contribution in [2.75, 3.05) is 13.2 Å². The van der Waals surface area contributed by atoms with Crippen molar-refractivity contribution in [2.45, 2.75) is 19.4 Å². The average Bonchev–Trinajstić information content (AvgIpc) is 3.26. The van der Waals surface area contributed by atoms with E-state index in [1.54, 1.807) is 27.7 Å². The number of H-pyrrole nitrogens is 1. The van der Waals surface area contributed by atoms with Gasteiger partial charge in [-0.25, -0.2) is 19.3 Å². The van der Waals surface area contributed by atoms with Crippen LogP contribution in [0.3, 0.4) is 0 Å². The summed E-state index contributed by atoms with van der Waals surface area (Å²) in [5.41, 5.74) is 3.92. The highest BCUT2D eigenvalue weighted by atomic mass is 16.5. The maximum absolute atomic E-state index is 12.4. The van der Waals surface area contributed by atoms with Crippen LogP contribution in [0.1, 0.15) is 12.8 Å². The van der Waals surface area contributed by atoms with Gasteiger partial charge in [-0.2, -0.15) is 5.10 Å². The highest BCUT2D eigenvalue weighted by Gasteiger charge is 2.18. The smallest absolute Gasteiger partial charge is 0.327 e. The summed E-state index contributed by atoms with van der Waals surface area (Å²) in [6.07, 6.45) is 9.14. The fraction of sp³-hybridized carbons (Fsp3) is 0.333. The van der Waals surface area contributed by atoms with Crippen LogP contribution in [-0.4, -0.2) is 42.3 Å². The third-order valence-electron chi connectivity index (χ3n) is 4.99. The number of rotatable bonds is 3. The first-order valence-electron chi connectivity index (χ1n) is 8.74. The summed E-state index contributed by atoms with van der Waals surface area (Å²) >= 11 is 0. The van der Waals surface area contributed by atoms with E-state index < -0.39 is 0 Å². The normalized spacial score (nSPS) is 15.8. The maximum Gasteiger partial charge on any atom is 0.327 e. The van der Waals surface area contributed by atoms with Crippen molar-refractivity contribution in [1.82, 2.24) is 29.1 Å². The van der Waals surface area contributed by atoms with Crippen molar-refractivity contribution in [3.05, 3.63) is 47.4 Å². The maximum atomic E-state index is 12.4. The Kier molecular flexibility index (Phi) is 3.56. The van der Waals surface area contributed by atoms with Crippen LogP contribution in [0.15, 0.2) is 41.7 Å². The molecular weight excluding hydrogens is 332 g/mol. The Morgan fingerprint density at radius 3 is 2.92 bits per heavy atom. The zero-order chi connectivity index (χ0) is 17.5. The van der Waals surface area contributed by atoms with Crippen molar-refractivity contribution in [1.29, 1.82) is 0 Å². The zero-order valence-electron chi connectivity index (χ0n) is 14.1. The van der Waals surface area contributed by atoms with Crippen molar-refractivity contribution >= 4 is 16.8 Å². The molecule has 132 valence electrons. The Labute approximate surface area is 148 Å². The number of hydrogen-bond donors (Lipinski definition) is 1. The molecule has 1 aliphatic heterocycles. The van der Waals surface area contributed by atoms with E-state index in [1.165, 1.54) is 0 Å². The summed E-state index contributed by atoms with van der Waals surface area (Å²) in [5.74, 6) is 0.450. The zero-order valence-corrected chi connectivity index (χ0v) is 14.1. The number of aromatic nitrogens is 6. The fourth-order valence-corrected chi connectivity index (χ4v) is 3.52. The standard InChI is InChI=1S/C18H18N6O2/c25-18-22-17-15(23(18)10-12-2-5-26-6-3-12)7-13(8-20-17)14-9-19-16-1-4-21-24(16)11-14/h1,4,7-9,11-12H,2-3,5-6,10H2,(H,20,22,25). The van der Waals surface area contributed by atoms with Gasteiger partial charge < -0.3 is 4.74 Å². The van der Waals surface area contributed by atoms with Crippen LogP contribution < -0.4 is 5.69 Å². The molecule has 1 N–H and O–H groups in total. The molecule has 0 spiro atoms. The molecule has 1 saturated heterocycles. The summed E-state index contributed by atoms with van der Waals surface area (Å²) in [6, 6.07) is 3.84. The van der Waals surface area contributed by atoms with Gasteiger partial charge in [-0.1, -0.05) is 0 Å². The Balaban J connectivity index is 1.57. The van der Waals surface area contributed by atoms with Crippen LogP contribution in [0.4, 0.5) is 0 Å². The molecule has 8 nitrogen and oxygen atoms in total. The molecular formula is C18H18N6O2. The monoisotopic (exact) mass is 350 g/mol. The summed E-state index contributed by atoms with van der Waals surface area (Å²) < 4.78 is 8.94. The van der Waals surface area contributed by atoms with Gasteiger partial charge in [-0.3, -0.25) is 9.55 Å². The Morgan fingerprint density at radius 1 is 1.19 bits per heavy atom. The summed E-state index contributed by atoms with van der Waals surface area (Å²) in [7, 11) is 0. The Hall–Kier alpha value is -3.00. The number of fused-ring (bicyclic) bond motifs is 2. The topological polar surface area (TPSA) is 90.1 Å². The molecule has 0 radical (unpaired) electrons. The lowest BCUT2D eigenvalue weighted by Crippen LogP contribution is -2.25. The van der Waals surface area contributed by atoms with Gasteiger partial charge in [0.25, 0.3) is 0 Å². The molecule has 5 heterocycles. The number of nitrogens with one attached hydrogen (secondary N) is 1. The lowest BCUT2D eigenvalue weighted by molar-refractivity contribution is 0.0613. The van der Waals surface area contributed by atoms with Gasteiger partial charge in [0.15, 0.2) is 11.3 Å². The first-order valence-corrected chi connectivity index (χ1v) is 8.74. The summed E-state index contributed by atoms with van der Waals surface area (Å²) in [5, 5.41) is 4.23. The van der Waals surface area contributed by atoms with Gasteiger partial charge in [-0.15, -0.1) is 0 Å². The van der Waals surface area contributed by atoms with E-state index in [9.17, 15) is 4.79 Å². The Bertz CT molecular complexity index is 1140. The molecule has 1 fully saturated rings. The molecule has 8 heteroatoms. The number of imidazole rings is 1. The van der Waals surface area contributed by atoms with Gasteiger partial charge in [0.2, 0.25) is 0 Å². The number of hydrogen-bond acceptors (Lipinski definition) is 5. The fourth-order valence-electron chi connectivity index (χ4n) is 3.52. The van der Waals surface area contributed by atoms with Crippen molar-refractivity contribution in [3.63, 3.8) is 0 Å². The van der Waals surface area contributed by atoms with E-state index >= 15 is 0 Å². The first kappa shape index (κ1) is 15.3. The minimum Gasteiger partial charge on any atom is -0.381 e. The second-order valence-electron chi connectivity index (χ2n) is 6.66. The van der Waals surface area contributed by atoms with Crippen LogP contribution in [0.2, 0.25) is 0 Å². The lowest BCUT2D eigenvalue weighted by atomic mass is 10.0. The molecule has 0 aliphatic carbocycles. The molecule has 1 aliphatic rings. The van der Waals surface area contributed by atoms with Gasteiger partial charge in [-0.05, 0) is 24.8 Å². The summed E-state index contributed by atoms with van der Waals surface area (Å²) in [4.78, 5) is 24.1. The second-order valence-corrected chi connectivity index (χ2v) is 6.66. The van der Waals surface area contributed by atoms with E-state index in [1.807, 2.05) is 18.3 Å². The minimum absolute atomic E-state index is 0.114. The molecule has 0 unspecified atom stereocenters. The molecule has 0 aromatic carbocycles. The van der Waals surface area contributed by atoms with Crippen molar-refractivity contribution in [2.24, 2.45) is 5.92 Å². The average molecular weight is 350 g/mol. The second kappa shape index (κ2) is 6.06. The first-order chi connectivity index (χ1) is 12.8. The largest absolute Gasteiger partial charge is 0.381 e. The molecule has 0 amide bonds. The predicted octanol–water partition coefficient (Wildman–Crippen LogP) is 1.86. The minimum atomic E-state index is -0.114. The van der Waals surface area contributed by atoms with E-state index in [4.69, 9.17) is 4.74 Å². The third-order valence-corrected chi connectivity index (χ3v) is 4.99. The highest BCUT2D eigenvalue weighted by molar-refractivity contribution is 5.78. The van der Waals surface area contributed by atoms with Gasteiger partial charge >= 0.3 is 5.69 Å². The lowest BCUT2D eigenvalue weighted by Gasteiger charge is -2.22. The van der Waals surface area contributed by atoms with Gasteiger partial charge in [0.1, 0.15) is 0 Å². The van der Waals surface area contributed by atoms with E-state index in [2.05, 4.69) is 20.1 Å². The SMILES string of the molecule is O=c1[nH]c2ncc(-c3cnc4ccnn4c3)cc2n1CC1CCOCC1. The predicted molar refractivity (Wildman–Crippen MR) is 95.9 cm³/mol. The van der Waals surface area contributed by atoms with Crippen LogP contribution in [0.25, 0.3) is 27.9 Å². The van der Waals surface area contributed by atoms with Gasteiger partial charge in [0.05, 0.1) is 11.7 Å². The van der Waals surface area contributed by atoms with Crippen LogP contribution in [-0.2, 0) is 11.3 Å². The van der Waals surface area contributed by atoms with E-state index in [0.29, 0.717) is 18.1 Å². The molecule has 4 aromatic heterocycles.